The van der Waals surface area contributed by atoms with Crippen molar-refractivity contribution in [3.8, 4) is 0 Å². The van der Waals surface area contributed by atoms with Crippen LogP contribution in [0.4, 0.5) is 5.69 Å². The molecule has 0 aliphatic heterocycles. The van der Waals surface area contributed by atoms with Crippen molar-refractivity contribution in [1.29, 1.82) is 0 Å². The van der Waals surface area contributed by atoms with E-state index in [0.29, 0.717) is 15.7 Å². The first-order valence-electron chi connectivity index (χ1n) is 8.20. The second kappa shape index (κ2) is 9.11. The van der Waals surface area contributed by atoms with Gasteiger partial charge in [0.15, 0.2) is 0 Å². The molecule has 0 unspecified atom stereocenters. The summed E-state index contributed by atoms with van der Waals surface area (Å²) in [7, 11) is 0. The Balaban J connectivity index is 1.88. The number of hydrogen-bond donors (Lipinski definition) is 0. The van der Waals surface area contributed by atoms with E-state index in [1.807, 2.05) is 91.0 Å². The van der Waals surface area contributed by atoms with E-state index < -0.39 is 0 Å². The lowest BCUT2D eigenvalue weighted by Crippen LogP contribution is -1.79. The van der Waals surface area contributed by atoms with Crippen molar-refractivity contribution in [2.45, 2.75) is 0 Å². The zero-order chi connectivity index (χ0) is 19.1. The molecule has 0 amide bonds. The Hall–Kier alpha value is -2.97. The summed E-state index contributed by atoms with van der Waals surface area (Å²) in [6.07, 6.45) is 7.88. The van der Waals surface area contributed by atoms with Crippen molar-refractivity contribution in [3.05, 3.63) is 109 Å². The summed E-state index contributed by atoms with van der Waals surface area (Å²) in [5, 5.41) is 5.17. The molecule has 27 heavy (non-hydrogen) atoms. The molecule has 0 atom stereocenters. The van der Waals surface area contributed by atoms with Crippen molar-refractivity contribution < 1.29 is 0 Å². The molecule has 0 aliphatic carbocycles. The molecule has 0 radical (unpaired) electrons. The van der Waals surface area contributed by atoms with Gasteiger partial charge in [0, 0.05) is 20.6 Å². The molecule has 3 aromatic carbocycles. The molecule has 0 fully saturated rings. The largest absolute Gasteiger partial charge is 0.0843 e. The van der Waals surface area contributed by atoms with E-state index in [1.54, 1.807) is 0 Å². The third-order valence-electron chi connectivity index (χ3n) is 3.87. The Morgan fingerprint density at radius 1 is 0.667 bits per heavy atom. The molecule has 0 saturated heterocycles. The summed E-state index contributed by atoms with van der Waals surface area (Å²) in [5.74, 6) is 0. The molecule has 0 spiro atoms. The van der Waals surface area contributed by atoms with Crippen LogP contribution in [0, 0.1) is 0 Å². The van der Waals surface area contributed by atoms with Crippen molar-refractivity contribution >= 4 is 53.2 Å². The van der Waals surface area contributed by atoms with Crippen molar-refractivity contribution in [2.75, 3.05) is 0 Å². The predicted molar refractivity (Wildman–Crippen MR) is 116 cm³/mol. The van der Waals surface area contributed by atoms with E-state index >= 15 is 0 Å². The zero-order valence-electron chi connectivity index (χ0n) is 14.3. The maximum Gasteiger partial charge on any atom is 0.0448 e. The van der Waals surface area contributed by atoms with Gasteiger partial charge in [-0.25, -0.2) is 0 Å². The first-order valence-corrected chi connectivity index (χ1v) is 8.96. The number of hydrogen-bond acceptors (Lipinski definition) is 1. The lowest BCUT2D eigenvalue weighted by molar-refractivity contribution is 1.45. The fourth-order valence-corrected chi connectivity index (χ4v) is 2.73. The van der Waals surface area contributed by atoms with Crippen LogP contribution in [0.15, 0.2) is 71.8 Å². The monoisotopic (exact) mass is 391 g/mol. The number of azide groups is 1. The predicted octanol–water partition coefficient (Wildman–Crippen LogP) is 8.28. The molecule has 3 rings (SSSR count). The summed E-state index contributed by atoms with van der Waals surface area (Å²) < 4.78 is 0. The molecule has 0 saturated carbocycles. The summed E-state index contributed by atoms with van der Waals surface area (Å²) in [5.41, 5.74) is 13.3. The highest BCUT2D eigenvalue weighted by Crippen LogP contribution is 2.25. The third-order valence-corrected chi connectivity index (χ3v) is 4.37. The number of nitrogens with zero attached hydrogens (tertiary/aromatic N) is 3. The van der Waals surface area contributed by atoms with E-state index in [4.69, 9.17) is 28.7 Å². The smallest absolute Gasteiger partial charge is 0.0448 e. The number of benzene rings is 3. The quantitative estimate of drug-likeness (QED) is 0.182. The van der Waals surface area contributed by atoms with E-state index in [9.17, 15) is 0 Å². The first-order chi connectivity index (χ1) is 13.1. The lowest BCUT2D eigenvalue weighted by atomic mass is 10.1. The van der Waals surface area contributed by atoms with Crippen LogP contribution in [0.25, 0.3) is 34.7 Å². The summed E-state index contributed by atoms with van der Waals surface area (Å²) >= 11 is 11.8. The van der Waals surface area contributed by atoms with Crippen LogP contribution in [0.2, 0.25) is 10.0 Å². The van der Waals surface area contributed by atoms with Gasteiger partial charge in [-0.1, -0.05) is 89.0 Å². The normalized spacial score (nSPS) is 11.0. The minimum Gasteiger partial charge on any atom is -0.0843 e. The van der Waals surface area contributed by atoms with Gasteiger partial charge >= 0.3 is 0 Å². The van der Waals surface area contributed by atoms with Gasteiger partial charge < -0.3 is 0 Å². The average Bonchev–Trinajstić information content (AvgIpc) is 2.68. The zero-order valence-corrected chi connectivity index (χ0v) is 15.8. The lowest BCUT2D eigenvalue weighted by Gasteiger charge is -2.03. The Bertz CT molecular complexity index is 1030. The van der Waals surface area contributed by atoms with Gasteiger partial charge in [0.05, 0.1) is 0 Å². The fourth-order valence-electron chi connectivity index (χ4n) is 2.48. The standard InChI is InChI=1S/C22H15Cl2N3/c23-20-10-4-16(5-11-20)1-2-18-8-14-22(26-27-25)19(15-18)9-3-17-6-12-21(24)13-7-17/h1-15H/b2-1+,9-3+. The third kappa shape index (κ3) is 5.50. The molecule has 0 bridgehead atoms. The van der Waals surface area contributed by atoms with E-state index in [1.165, 1.54) is 0 Å². The first kappa shape index (κ1) is 18.8. The number of halogens is 2. The van der Waals surface area contributed by atoms with Gasteiger partial charge in [0.25, 0.3) is 0 Å². The molecular weight excluding hydrogens is 377 g/mol. The maximum absolute atomic E-state index is 8.80. The van der Waals surface area contributed by atoms with E-state index in [2.05, 4.69) is 10.0 Å². The molecule has 0 heterocycles. The maximum atomic E-state index is 8.80. The highest BCUT2D eigenvalue weighted by atomic mass is 35.5. The van der Waals surface area contributed by atoms with Gasteiger partial charge in [-0.15, -0.1) is 0 Å². The Morgan fingerprint density at radius 2 is 1.15 bits per heavy atom. The molecule has 0 aliphatic rings. The summed E-state index contributed by atoms with van der Waals surface area (Å²) in [4.78, 5) is 2.91. The topological polar surface area (TPSA) is 48.8 Å². The SMILES string of the molecule is [N-]=[N+]=Nc1ccc(/C=C/c2ccc(Cl)cc2)cc1/C=C/c1ccc(Cl)cc1. The van der Waals surface area contributed by atoms with E-state index in [0.717, 1.165) is 22.3 Å². The minimum absolute atomic E-state index is 0.575. The van der Waals surface area contributed by atoms with Gasteiger partial charge in [-0.05, 0) is 58.1 Å². The Morgan fingerprint density at radius 3 is 1.70 bits per heavy atom. The van der Waals surface area contributed by atoms with Crippen molar-refractivity contribution in [3.63, 3.8) is 0 Å². The second-order valence-corrected chi connectivity index (χ2v) is 6.65. The average molecular weight is 392 g/mol. The van der Waals surface area contributed by atoms with Gasteiger partial charge in [0.2, 0.25) is 0 Å². The molecule has 3 nitrogen and oxygen atoms in total. The molecular formula is C22H15Cl2N3. The second-order valence-electron chi connectivity index (χ2n) is 5.78. The molecule has 0 N–H and O–H groups in total. The minimum atomic E-state index is 0.575. The highest BCUT2D eigenvalue weighted by molar-refractivity contribution is 6.30. The highest BCUT2D eigenvalue weighted by Gasteiger charge is 1.99. The molecule has 132 valence electrons. The van der Waals surface area contributed by atoms with Crippen LogP contribution < -0.4 is 0 Å². The van der Waals surface area contributed by atoms with Crippen LogP contribution >= 0.6 is 23.2 Å². The van der Waals surface area contributed by atoms with Gasteiger partial charge in [0.1, 0.15) is 0 Å². The van der Waals surface area contributed by atoms with Crippen LogP contribution in [-0.4, -0.2) is 0 Å². The molecule has 0 aromatic heterocycles. The van der Waals surface area contributed by atoms with Crippen LogP contribution in [0.1, 0.15) is 22.3 Å². The number of rotatable bonds is 5. The van der Waals surface area contributed by atoms with Crippen molar-refractivity contribution in [1.82, 2.24) is 0 Å². The Kier molecular flexibility index (Phi) is 6.35. The summed E-state index contributed by atoms with van der Waals surface area (Å²) in [6, 6.07) is 20.8. The fraction of sp³-hybridized carbons (Fsp3) is 0. The van der Waals surface area contributed by atoms with Crippen LogP contribution in [0.5, 0.6) is 0 Å². The van der Waals surface area contributed by atoms with Gasteiger partial charge in [-0.3, -0.25) is 0 Å². The van der Waals surface area contributed by atoms with E-state index in [-0.39, 0.29) is 0 Å². The Labute approximate surface area is 167 Å². The molecule has 5 heteroatoms. The van der Waals surface area contributed by atoms with Crippen LogP contribution in [0.3, 0.4) is 0 Å². The molecule has 3 aromatic rings. The summed E-state index contributed by atoms with van der Waals surface area (Å²) in [6.45, 7) is 0. The van der Waals surface area contributed by atoms with Crippen molar-refractivity contribution in [2.24, 2.45) is 5.11 Å². The van der Waals surface area contributed by atoms with Gasteiger partial charge in [-0.2, -0.15) is 0 Å². The van der Waals surface area contributed by atoms with Crippen LogP contribution in [-0.2, 0) is 0 Å².